The second-order valence-electron chi connectivity index (χ2n) is 5.97. The Morgan fingerprint density at radius 2 is 1.91 bits per heavy atom. The van der Waals surface area contributed by atoms with E-state index in [9.17, 15) is 4.79 Å². The Labute approximate surface area is 141 Å². The minimum atomic E-state index is -0.153. The maximum atomic E-state index is 12.8. The van der Waals surface area contributed by atoms with E-state index in [1.807, 2.05) is 62.5 Å². The molecule has 0 saturated carbocycles. The molecule has 3 rings (SSSR count). The zero-order chi connectivity index (χ0) is 16.4. The van der Waals surface area contributed by atoms with Gasteiger partial charge in [0.05, 0.1) is 12.0 Å². The van der Waals surface area contributed by atoms with Crippen LogP contribution in [0.3, 0.4) is 0 Å². The average Bonchev–Trinajstić information content (AvgIpc) is 2.60. The van der Waals surface area contributed by atoms with E-state index in [0.717, 1.165) is 16.9 Å². The number of carbonyl (C=O) groups excluding carboxylic acids is 1. The van der Waals surface area contributed by atoms with Crippen molar-refractivity contribution in [3.05, 3.63) is 64.7 Å². The second kappa shape index (κ2) is 6.63. The van der Waals surface area contributed by atoms with Gasteiger partial charge in [-0.1, -0.05) is 48.0 Å². The highest BCUT2D eigenvalue weighted by Crippen LogP contribution is 2.31. The fourth-order valence-electron chi connectivity index (χ4n) is 2.99. The lowest BCUT2D eigenvalue weighted by molar-refractivity contribution is -0.137. The first kappa shape index (κ1) is 15.9. The number of hydrogen-bond donors (Lipinski definition) is 0. The van der Waals surface area contributed by atoms with Crippen LogP contribution in [0.1, 0.15) is 24.1 Å². The summed E-state index contributed by atoms with van der Waals surface area (Å²) in [4.78, 5) is 14.6. The molecule has 2 unspecified atom stereocenters. The molecule has 2 atom stereocenters. The quantitative estimate of drug-likeness (QED) is 0.848. The predicted molar refractivity (Wildman–Crippen MR) is 91.8 cm³/mol. The molecule has 0 radical (unpaired) electrons. The predicted octanol–water partition coefficient (Wildman–Crippen LogP) is 4.11. The van der Waals surface area contributed by atoms with Gasteiger partial charge in [-0.2, -0.15) is 0 Å². The van der Waals surface area contributed by atoms with Crippen LogP contribution in [-0.4, -0.2) is 24.5 Å². The first-order valence-corrected chi connectivity index (χ1v) is 8.17. The molecule has 1 aliphatic rings. The van der Waals surface area contributed by atoms with Gasteiger partial charge < -0.3 is 9.64 Å². The third kappa shape index (κ3) is 3.20. The Hall–Kier alpha value is -2.00. The summed E-state index contributed by atoms with van der Waals surface area (Å²) in [6.45, 7) is 2.42. The van der Waals surface area contributed by atoms with E-state index in [4.69, 9.17) is 16.3 Å². The van der Waals surface area contributed by atoms with Crippen LogP contribution in [0.15, 0.2) is 48.5 Å². The molecule has 2 aromatic rings. The third-order valence-corrected chi connectivity index (χ3v) is 4.86. The van der Waals surface area contributed by atoms with Gasteiger partial charge in [-0.05, 0) is 36.6 Å². The molecule has 0 fully saturated rings. The van der Waals surface area contributed by atoms with Crippen molar-refractivity contribution in [2.45, 2.75) is 19.4 Å². The van der Waals surface area contributed by atoms with Crippen molar-refractivity contribution >= 4 is 17.5 Å². The SMILES string of the molecule is CC(c1ccccc1Cl)N(C)C(=O)C1COc2ccccc2C1. The molecule has 0 aromatic heterocycles. The van der Waals surface area contributed by atoms with Gasteiger partial charge in [0.2, 0.25) is 5.91 Å². The Bertz CT molecular complexity index is 716. The Morgan fingerprint density at radius 1 is 1.22 bits per heavy atom. The van der Waals surface area contributed by atoms with Crippen LogP contribution in [0.2, 0.25) is 5.02 Å². The van der Waals surface area contributed by atoms with Gasteiger partial charge in [-0.3, -0.25) is 4.79 Å². The van der Waals surface area contributed by atoms with E-state index in [-0.39, 0.29) is 17.9 Å². The van der Waals surface area contributed by atoms with Crippen LogP contribution < -0.4 is 4.74 Å². The Morgan fingerprint density at radius 3 is 2.70 bits per heavy atom. The van der Waals surface area contributed by atoms with Crippen LogP contribution in [-0.2, 0) is 11.2 Å². The minimum Gasteiger partial charge on any atom is -0.492 e. The number of fused-ring (bicyclic) bond motifs is 1. The minimum absolute atomic E-state index is 0.0756. The molecule has 120 valence electrons. The monoisotopic (exact) mass is 329 g/mol. The van der Waals surface area contributed by atoms with Gasteiger partial charge in [0.15, 0.2) is 0 Å². The van der Waals surface area contributed by atoms with Crippen molar-refractivity contribution in [1.29, 1.82) is 0 Å². The molecule has 23 heavy (non-hydrogen) atoms. The van der Waals surface area contributed by atoms with Crippen molar-refractivity contribution in [2.24, 2.45) is 5.92 Å². The molecule has 2 aromatic carbocycles. The molecule has 0 saturated heterocycles. The summed E-state index contributed by atoms with van der Waals surface area (Å²) in [5.74, 6) is 0.824. The maximum Gasteiger partial charge on any atom is 0.229 e. The number of halogens is 1. The normalized spacial score (nSPS) is 17.8. The molecule has 4 heteroatoms. The van der Waals surface area contributed by atoms with Crippen LogP contribution in [0, 0.1) is 5.92 Å². The van der Waals surface area contributed by atoms with Gasteiger partial charge in [-0.25, -0.2) is 0 Å². The number of amides is 1. The summed E-state index contributed by atoms with van der Waals surface area (Å²) in [7, 11) is 1.83. The van der Waals surface area contributed by atoms with Gasteiger partial charge in [0, 0.05) is 12.1 Å². The summed E-state index contributed by atoms with van der Waals surface area (Å²) >= 11 is 6.26. The van der Waals surface area contributed by atoms with Crippen molar-refractivity contribution in [1.82, 2.24) is 4.90 Å². The van der Waals surface area contributed by atoms with Crippen molar-refractivity contribution < 1.29 is 9.53 Å². The third-order valence-electron chi connectivity index (χ3n) is 4.51. The highest BCUT2D eigenvalue weighted by Gasteiger charge is 2.30. The first-order valence-electron chi connectivity index (χ1n) is 7.79. The van der Waals surface area contributed by atoms with Crippen LogP contribution in [0.25, 0.3) is 0 Å². The Balaban J connectivity index is 1.75. The average molecular weight is 330 g/mol. The number of carbonyl (C=O) groups is 1. The Kier molecular flexibility index (Phi) is 4.58. The molecule has 1 aliphatic heterocycles. The van der Waals surface area contributed by atoms with Crippen molar-refractivity contribution in [3.63, 3.8) is 0 Å². The number of para-hydroxylation sites is 1. The number of ether oxygens (including phenoxy) is 1. The summed E-state index contributed by atoms with van der Waals surface area (Å²) in [5.41, 5.74) is 2.05. The summed E-state index contributed by atoms with van der Waals surface area (Å²) in [6.07, 6.45) is 0.717. The van der Waals surface area contributed by atoms with E-state index in [1.54, 1.807) is 4.90 Å². The maximum absolute atomic E-state index is 12.8. The van der Waals surface area contributed by atoms with E-state index in [0.29, 0.717) is 18.1 Å². The van der Waals surface area contributed by atoms with Gasteiger partial charge in [0.25, 0.3) is 0 Å². The standard InChI is InChI=1S/C19H20ClNO2/c1-13(16-8-4-5-9-17(16)20)21(2)19(22)15-11-14-7-3-6-10-18(14)23-12-15/h3-10,13,15H,11-12H2,1-2H3. The molecule has 0 bridgehead atoms. The number of benzene rings is 2. The molecule has 1 heterocycles. The number of hydrogen-bond acceptors (Lipinski definition) is 2. The van der Waals surface area contributed by atoms with Crippen LogP contribution >= 0.6 is 11.6 Å². The topological polar surface area (TPSA) is 29.5 Å². The zero-order valence-corrected chi connectivity index (χ0v) is 14.1. The fourth-order valence-corrected chi connectivity index (χ4v) is 3.28. The molecular weight excluding hydrogens is 310 g/mol. The van der Waals surface area contributed by atoms with Gasteiger partial charge in [-0.15, -0.1) is 0 Å². The molecule has 3 nitrogen and oxygen atoms in total. The smallest absolute Gasteiger partial charge is 0.229 e. The highest BCUT2D eigenvalue weighted by atomic mass is 35.5. The van der Waals surface area contributed by atoms with E-state index >= 15 is 0 Å². The summed E-state index contributed by atoms with van der Waals surface area (Å²) in [6, 6.07) is 15.5. The van der Waals surface area contributed by atoms with E-state index in [1.165, 1.54) is 0 Å². The lowest BCUT2D eigenvalue weighted by atomic mass is 9.94. The number of rotatable bonds is 3. The fraction of sp³-hybridized carbons (Fsp3) is 0.316. The van der Waals surface area contributed by atoms with Gasteiger partial charge >= 0.3 is 0 Å². The summed E-state index contributed by atoms with van der Waals surface area (Å²) < 4.78 is 5.74. The number of nitrogens with zero attached hydrogens (tertiary/aromatic N) is 1. The van der Waals surface area contributed by atoms with Crippen molar-refractivity contribution in [3.8, 4) is 5.75 Å². The van der Waals surface area contributed by atoms with E-state index in [2.05, 4.69) is 0 Å². The molecule has 1 amide bonds. The highest BCUT2D eigenvalue weighted by molar-refractivity contribution is 6.31. The first-order chi connectivity index (χ1) is 11.1. The molecule has 0 spiro atoms. The van der Waals surface area contributed by atoms with E-state index < -0.39 is 0 Å². The molecule has 0 aliphatic carbocycles. The largest absolute Gasteiger partial charge is 0.492 e. The molecular formula is C19H20ClNO2. The zero-order valence-electron chi connectivity index (χ0n) is 13.3. The van der Waals surface area contributed by atoms with Crippen LogP contribution in [0.5, 0.6) is 5.75 Å². The van der Waals surface area contributed by atoms with Gasteiger partial charge in [0.1, 0.15) is 12.4 Å². The van der Waals surface area contributed by atoms with Crippen LogP contribution in [0.4, 0.5) is 0 Å². The summed E-state index contributed by atoms with van der Waals surface area (Å²) in [5, 5.41) is 0.685. The lowest BCUT2D eigenvalue weighted by Crippen LogP contribution is -2.39. The second-order valence-corrected chi connectivity index (χ2v) is 6.37. The molecule has 0 N–H and O–H groups in total. The van der Waals surface area contributed by atoms with Crippen molar-refractivity contribution in [2.75, 3.05) is 13.7 Å². The lowest BCUT2D eigenvalue weighted by Gasteiger charge is -2.32.